The SMILES string of the molecule is Cc1cc(CNC2=NCCN2C)ccc1F. The Labute approximate surface area is 95.0 Å². The quantitative estimate of drug-likeness (QED) is 0.820. The van der Waals surface area contributed by atoms with E-state index in [0.29, 0.717) is 12.1 Å². The first-order valence-corrected chi connectivity index (χ1v) is 5.41. The molecule has 1 heterocycles. The van der Waals surface area contributed by atoms with Crippen LogP contribution in [-0.2, 0) is 6.54 Å². The van der Waals surface area contributed by atoms with Crippen molar-refractivity contribution in [3.8, 4) is 0 Å². The van der Waals surface area contributed by atoms with E-state index in [0.717, 1.165) is 24.6 Å². The molecule has 3 nitrogen and oxygen atoms in total. The van der Waals surface area contributed by atoms with E-state index < -0.39 is 0 Å². The van der Waals surface area contributed by atoms with Crippen LogP contribution >= 0.6 is 0 Å². The largest absolute Gasteiger partial charge is 0.352 e. The van der Waals surface area contributed by atoms with E-state index in [1.807, 2.05) is 13.1 Å². The number of aryl methyl sites for hydroxylation is 1. The summed E-state index contributed by atoms with van der Waals surface area (Å²) in [5.74, 6) is 0.765. The molecule has 1 aliphatic rings. The van der Waals surface area contributed by atoms with E-state index in [-0.39, 0.29) is 5.82 Å². The van der Waals surface area contributed by atoms with Crippen molar-refractivity contribution < 1.29 is 4.39 Å². The van der Waals surface area contributed by atoms with Crippen LogP contribution in [0, 0.1) is 12.7 Å². The fraction of sp³-hybridized carbons (Fsp3) is 0.417. The van der Waals surface area contributed by atoms with Gasteiger partial charge in [-0.05, 0) is 24.1 Å². The molecule has 2 rings (SSSR count). The van der Waals surface area contributed by atoms with E-state index in [9.17, 15) is 4.39 Å². The molecule has 0 amide bonds. The van der Waals surface area contributed by atoms with E-state index in [1.54, 1.807) is 13.0 Å². The van der Waals surface area contributed by atoms with E-state index in [1.165, 1.54) is 6.07 Å². The topological polar surface area (TPSA) is 27.6 Å². The normalized spacial score (nSPS) is 15.2. The van der Waals surface area contributed by atoms with Gasteiger partial charge >= 0.3 is 0 Å². The molecule has 0 saturated heterocycles. The smallest absolute Gasteiger partial charge is 0.194 e. The molecule has 0 unspecified atom stereocenters. The number of hydrogen-bond acceptors (Lipinski definition) is 3. The first-order chi connectivity index (χ1) is 7.66. The zero-order chi connectivity index (χ0) is 11.5. The fourth-order valence-electron chi connectivity index (χ4n) is 1.72. The second-order valence-corrected chi connectivity index (χ2v) is 4.06. The highest BCUT2D eigenvalue weighted by molar-refractivity contribution is 5.81. The van der Waals surface area contributed by atoms with Crippen molar-refractivity contribution in [3.63, 3.8) is 0 Å². The number of likely N-dealkylation sites (N-methyl/N-ethyl adjacent to an activating group) is 1. The van der Waals surface area contributed by atoms with E-state index in [2.05, 4.69) is 15.2 Å². The maximum atomic E-state index is 13.0. The summed E-state index contributed by atoms with van der Waals surface area (Å²) in [6.45, 7) is 4.27. The number of hydrogen-bond donors (Lipinski definition) is 1. The molecule has 1 aromatic rings. The van der Waals surface area contributed by atoms with Gasteiger partial charge in [0.1, 0.15) is 5.82 Å². The van der Waals surface area contributed by atoms with Gasteiger partial charge in [0.15, 0.2) is 5.96 Å². The number of guanidine groups is 1. The van der Waals surface area contributed by atoms with E-state index in [4.69, 9.17) is 0 Å². The predicted molar refractivity (Wildman–Crippen MR) is 62.9 cm³/mol. The van der Waals surface area contributed by atoms with Gasteiger partial charge in [-0.25, -0.2) is 4.39 Å². The second-order valence-electron chi connectivity index (χ2n) is 4.06. The van der Waals surface area contributed by atoms with Gasteiger partial charge in [-0.2, -0.15) is 0 Å². The summed E-state index contributed by atoms with van der Waals surface area (Å²) in [4.78, 5) is 6.41. The van der Waals surface area contributed by atoms with Gasteiger partial charge in [-0.15, -0.1) is 0 Å². The van der Waals surface area contributed by atoms with Crippen molar-refractivity contribution in [3.05, 3.63) is 35.1 Å². The van der Waals surface area contributed by atoms with Crippen molar-refractivity contribution in [1.82, 2.24) is 10.2 Å². The second kappa shape index (κ2) is 4.51. The van der Waals surface area contributed by atoms with Gasteiger partial charge in [0.25, 0.3) is 0 Å². The lowest BCUT2D eigenvalue weighted by atomic mass is 10.1. The van der Waals surface area contributed by atoms with Crippen molar-refractivity contribution in [2.24, 2.45) is 4.99 Å². The molecular weight excluding hydrogens is 205 g/mol. The molecule has 1 aliphatic heterocycles. The molecule has 4 heteroatoms. The summed E-state index contributed by atoms with van der Waals surface area (Å²) in [6, 6.07) is 5.16. The highest BCUT2D eigenvalue weighted by Gasteiger charge is 2.11. The maximum absolute atomic E-state index is 13.0. The summed E-state index contributed by atoms with van der Waals surface area (Å²) >= 11 is 0. The Morgan fingerprint density at radius 1 is 1.50 bits per heavy atom. The Kier molecular flexibility index (Phi) is 3.08. The highest BCUT2D eigenvalue weighted by atomic mass is 19.1. The number of halogens is 1. The van der Waals surface area contributed by atoms with Crippen LogP contribution in [0.4, 0.5) is 4.39 Å². The average Bonchev–Trinajstić information content (AvgIpc) is 2.66. The monoisotopic (exact) mass is 221 g/mol. The molecule has 86 valence electrons. The molecule has 0 aliphatic carbocycles. The molecule has 0 aromatic heterocycles. The summed E-state index contributed by atoms with van der Waals surface area (Å²) in [6.07, 6.45) is 0. The minimum absolute atomic E-state index is 0.154. The molecule has 1 N–H and O–H groups in total. The Hall–Kier alpha value is -1.58. The molecule has 0 saturated carbocycles. The van der Waals surface area contributed by atoms with Gasteiger partial charge in [0.05, 0.1) is 6.54 Å². The van der Waals surface area contributed by atoms with Crippen LogP contribution in [0.3, 0.4) is 0 Å². The van der Waals surface area contributed by atoms with Gasteiger partial charge < -0.3 is 10.2 Å². The van der Waals surface area contributed by atoms with Gasteiger partial charge in [-0.3, -0.25) is 4.99 Å². The minimum atomic E-state index is -0.154. The highest BCUT2D eigenvalue weighted by Crippen LogP contribution is 2.09. The van der Waals surface area contributed by atoms with Crippen LogP contribution in [0.25, 0.3) is 0 Å². The zero-order valence-corrected chi connectivity index (χ0v) is 9.63. The first kappa shape index (κ1) is 10.9. The first-order valence-electron chi connectivity index (χ1n) is 5.41. The van der Waals surface area contributed by atoms with Gasteiger partial charge in [-0.1, -0.05) is 12.1 Å². The van der Waals surface area contributed by atoms with Crippen LogP contribution in [0.1, 0.15) is 11.1 Å². The van der Waals surface area contributed by atoms with Crippen LogP contribution in [0.5, 0.6) is 0 Å². The Morgan fingerprint density at radius 2 is 2.31 bits per heavy atom. The molecule has 16 heavy (non-hydrogen) atoms. The minimum Gasteiger partial charge on any atom is -0.352 e. The number of aliphatic imine (C=N–C) groups is 1. The van der Waals surface area contributed by atoms with Gasteiger partial charge in [0.2, 0.25) is 0 Å². The lowest BCUT2D eigenvalue weighted by Crippen LogP contribution is -2.35. The number of benzene rings is 1. The van der Waals surface area contributed by atoms with Crippen molar-refractivity contribution in [1.29, 1.82) is 0 Å². The number of nitrogens with one attached hydrogen (secondary N) is 1. The Morgan fingerprint density at radius 3 is 2.94 bits per heavy atom. The number of rotatable bonds is 2. The molecule has 0 atom stereocenters. The molecule has 0 spiro atoms. The van der Waals surface area contributed by atoms with E-state index >= 15 is 0 Å². The maximum Gasteiger partial charge on any atom is 0.194 e. The lowest BCUT2D eigenvalue weighted by molar-refractivity contribution is 0.534. The summed E-state index contributed by atoms with van der Waals surface area (Å²) in [5, 5.41) is 3.25. The lowest BCUT2D eigenvalue weighted by Gasteiger charge is -2.15. The third kappa shape index (κ3) is 2.32. The van der Waals surface area contributed by atoms with Crippen LogP contribution < -0.4 is 5.32 Å². The van der Waals surface area contributed by atoms with Crippen LogP contribution in [0.15, 0.2) is 23.2 Å². The Bertz CT molecular complexity index is 415. The summed E-state index contributed by atoms with van der Waals surface area (Å²) in [5.41, 5.74) is 1.75. The zero-order valence-electron chi connectivity index (χ0n) is 9.63. The predicted octanol–water partition coefficient (Wildman–Crippen LogP) is 1.53. The van der Waals surface area contributed by atoms with Crippen molar-refractivity contribution in [2.45, 2.75) is 13.5 Å². The van der Waals surface area contributed by atoms with Crippen LogP contribution in [0.2, 0.25) is 0 Å². The molecular formula is C12H16FN3. The van der Waals surface area contributed by atoms with Crippen LogP contribution in [-0.4, -0.2) is 31.0 Å². The standard InChI is InChI=1S/C12H16FN3/c1-9-7-10(3-4-11(9)13)8-15-12-14-5-6-16(12)2/h3-4,7H,5-6,8H2,1-2H3,(H,14,15). The average molecular weight is 221 g/mol. The van der Waals surface area contributed by atoms with Crippen molar-refractivity contribution in [2.75, 3.05) is 20.1 Å². The molecule has 0 fully saturated rings. The Balaban J connectivity index is 1.97. The van der Waals surface area contributed by atoms with Gasteiger partial charge in [0, 0.05) is 20.1 Å². The third-order valence-electron chi connectivity index (χ3n) is 2.73. The fourth-order valence-corrected chi connectivity index (χ4v) is 1.72. The van der Waals surface area contributed by atoms with Crippen molar-refractivity contribution >= 4 is 5.96 Å². The summed E-state index contributed by atoms with van der Waals surface area (Å²) < 4.78 is 13.0. The third-order valence-corrected chi connectivity index (χ3v) is 2.73. The molecule has 1 aromatic carbocycles. The molecule has 0 radical (unpaired) electrons. The molecule has 0 bridgehead atoms. The number of nitrogens with zero attached hydrogens (tertiary/aromatic N) is 2. The summed E-state index contributed by atoms with van der Waals surface area (Å²) in [7, 11) is 2.01.